The Hall–Kier alpha value is -0.860. The highest BCUT2D eigenvalue weighted by Gasteiger charge is 2.35. The van der Waals surface area contributed by atoms with E-state index in [2.05, 4.69) is 68.9 Å². The summed E-state index contributed by atoms with van der Waals surface area (Å²) in [5, 5.41) is 0. The van der Waals surface area contributed by atoms with Crippen LogP contribution in [-0.4, -0.2) is 43.5 Å². The molecule has 1 fully saturated rings. The van der Waals surface area contributed by atoms with Crippen LogP contribution in [0.1, 0.15) is 37.8 Å². The van der Waals surface area contributed by atoms with E-state index >= 15 is 0 Å². The smallest absolute Gasteiger partial charge is 0.0557 e. The van der Waals surface area contributed by atoms with Gasteiger partial charge in [0.05, 0.1) is 5.54 Å². The minimum atomic E-state index is 0.141. The second kappa shape index (κ2) is 5.02. The Labute approximate surface area is 112 Å². The first-order chi connectivity index (χ1) is 8.43. The van der Waals surface area contributed by atoms with E-state index < -0.39 is 0 Å². The van der Waals surface area contributed by atoms with Crippen LogP contribution in [0.15, 0.2) is 24.3 Å². The molecule has 0 bridgehead atoms. The van der Waals surface area contributed by atoms with E-state index in [1.54, 1.807) is 0 Å². The second-order valence-corrected chi connectivity index (χ2v) is 6.21. The number of benzene rings is 1. The minimum Gasteiger partial charge on any atom is -0.303 e. The maximum absolute atomic E-state index is 2.48. The predicted molar refractivity (Wildman–Crippen MR) is 78.0 cm³/mol. The molecular formula is C16H26N2. The summed E-state index contributed by atoms with van der Waals surface area (Å²) >= 11 is 0. The van der Waals surface area contributed by atoms with Gasteiger partial charge in [-0.3, -0.25) is 4.90 Å². The van der Waals surface area contributed by atoms with Crippen molar-refractivity contribution in [3.05, 3.63) is 35.4 Å². The molecule has 100 valence electrons. The zero-order valence-electron chi connectivity index (χ0n) is 12.4. The molecule has 2 nitrogen and oxygen atoms in total. The fourth-order valence-corrected chi connectivity index (χ4v) is 2.83. The number of hydrogen-bond acceptors (Lipinski definition) is 2. The van der Waals surface area contributed by atoms with Crippen LogP contribution in [0.2, 0.25) is 0 Å². The first-order valence-corrected chi connectivity index (χ1v) is 6.94. The molecule has 0 radical (unpaired) electrons. The van der Waals surface area contributed by atoms with Gasteiger partial charge in [0, 0.05) is 19.6 Å². The average Bonchev–Trinajstić information content (AvgIpc) is 2.34. The molecule has 1 atom stereocenters. The molecule has 2 rings (SSSR count). The summed E-state index contributed by atoms with van der Waals surface area (Å²) in [7, 11) is 4.46. The lowest BCUT2D eigenvalue weighted by molar-refractivity contribution is 0.0379. The molecule has 1 unspecified atom stereocenters. The summed E-state index contributed by atoms with van der Waals surface area (Å²) in [6.45, 7) is 10.3. The lowest BCUT2D eigenvalue weighted by Gasteiger charge is -2.46. The Balaban J connectivity index is 2.28. The van der Waals surface area contributed by atoms with Crippen LogP contribution in [0.3, 0.4) is 0 Å². The van der Waals surface area contributed by atoms with Crippen molar-refractivity contribution in [2.75, 3.05) is 33.7 Å². The lowest BCUT2D eigenvalue weighted by Crippen LogP contribution is -2.56. The van der Waals surface area contributed by atoms with Crippen LogP contribution in [0.25, 0.3) is 0 Å². The summed E-state index contributed by atoms with van der Waals surface area (Å²) in [5.74, 6) is 0.610. The monoisotopic (exact) mass is 246 g/mol. The van der Waals surface area contributed by atoms with Gasteiger partial charge in [-0.1, -0.05) is 38.1 Å². The van der Waals surface area contributed by atoms with Gasteiger partial charge < -0.3 is 4.90 Å². The Kier molecular flexibility index (Phi) is 3.79. The Morgan fingerprint density at radius 2 is 1.67 bits per heavy atom. The molecule has 0 aliphatic carbocycles. The van der Waals surface area contributed by atoms with Crippen molar-refractivity contribution >= 4 is 0 Å². The molecule has 0 N–H and O–H groups in total. The molecule has 0 amide bonds. The summed E-state index contributed by atoms with van der Waals surface area (Å²) in [6, 6.07) is 9.19. The zero-order valence-corrected chi connectivity index (χ0v) is 12.4. The highest BCUT2D eigenvalue weighted by atomic mass is 15.3. The fraction of sp³-hybridized carbons (Fsp3) is 0.625. The highest BCUT2D eigenvalue weighted by Crippen LogP contribution is 2.31. The van der Waals surface area contributed by atoms with E-state index in [1.165, 1.54) is 11.1 Å². The molecule has 2 heteroatoms. The Morgan fingerprint density at radius 3 is 2.22 bits per heavy atom. The first kappa shape index (κ1) is 13.6. The molecule has 1 aromatic carbocycles. The number of nitrogens with zero attached hydrogens (tertiary/aromatic N) is 2. The van der Waals surface area contributed by atoms with Crippen molar-refractivity contribution in [2.24, 2.45) is 0 Å². The van der Waals surface area contributed by atoms with Crippen molar-refractivity contribution in [3.8, 4) is 0 Å². The van der Waals surface area contributed by atoms with Crippen molar-refractivity contribution < 1.29 is 0 Å². The van der Waals surface area contributed by atoms with Crippen LogP contribution in [0, 0.1) is 0 Å². The minimum absolute atomic E-state index is 0.141. The van der Waals surface area contributed by atoms with Crippen LogP contribution >= 0.6 is 0 Å². The van der Waals surface area contributed by atoms with Crippen LogP contribution in [-0.2, 0) is 5.54 Å². The molecule has 1 aromatic rings. The van der Waals surface area contributed by atoms with Gasteiger partial charge >= 0.3 is 0 Å². The van der Waals surface area contributed by atoms with Gasteiger partial charge in [-0.05, 0) is 38.1 Å². The molecule has 1 saturated heterocycles. The molecule has 0 saturated carbocycles. The van der Waals surface area contributed by atoms with E-state index in [0.717, 1.165) is 19.6 Å². The van der Waals surface area contributed by atoms with E-state index in [0.29, 0.717) is 5.92 Å². The van der Waals surface area contributed by atoms with E-state index in [1.807, 2.05) is 0 Å². The Morgan fingerprint density at radius 1 is 1.06 bits per heavy atom. The third-order valence-corrected chi connectivity index (χ3v) is 4.44. The average molecular weight is 246 g/mol. The number of likely N-dealkylation sites (N-methyl/N-ethyl adjacent to an activating group) is 2. The summed E-state index contributed by atoms with van der Waals surface area (Å²) in [4.78, 5) is 4.91. The molecule has 0 spiro atoms. The lowest BCUT2D eigenvalue weighted by atomic mass is 9.87. The van der Waals surface area contributed by atoms with Crippen molar-refractivity contribution in [1.29, 1.82) is 0 Å². The maximum atomic E-state index is 2.48. The van der Waals surface area contributed by atoms with Gasteiger partial charge in [0.1, 0.15) is 0 Å². The number of hydrogen-bond donors (Lipinski definition) is 0. The number of rotatable bonds is 2. The summed E-state index contributed by atoms with van der Waals surface area (Å²) < 4.78 is 0. The van der Waals surface area contributed by atoms with Crippen LogP contribution < -0.4 is 0 Å². The third-order valence-electron chi connectivity index (χ3n) is 4.44. The standard InChI is InChI=1S/C16H26N2/c1-13(2)14-6-8-15(9-7-14)16(3)12-17(4)10-11-18(16)5/h6-9,13H,10-12H2,1-5H3. The van der Waals surface area contributed by atoms with Gasteiger partial charge in [0.15, 0.2) is 0 Å². The van der Waals surface area contributed by atoms with Crippen molar-refractivity contribution in [1.82, 2.24) is 9.80 Å². The van der Waals surface area contributed by atoms with Gasteiger partial charge in [0.25, 0.3) is 0 Å². The SMILES string of the molecule is CC(C)c1ccc(C2(C)CN(C)CCN2C)cc1. The van der Waals surface area contributed by atoms with Crippen molar-refractivity contribution in [3.63, 3.8) is 0 Å². The van der Waals surface area contributed by atoms with Gasteiger partial charge in [-0.25, -0.2) is 0 Å². The molecule has 1 heterocycles. The van der Waals surface area contributed by atoms with E-state index in [4.69, 9.17) is 0 Å². The van der Waals surface area contributed by atoms with Gasteiger partial charge in [0.2, 0.25) is 0 Å². The molecule has 0 aromatic heterocycles. The van der Waals surface area contributed by atoms with Gasteiger partial charge in [-0.15, -0.1) is 0 Å². The maximum Gasteiger partial charge on any atom is 0.0557 e. The van der Waals surface area contributed by atoms with Crippen LogP contribution in [0.5, 0.6) is 0 Å². The fourth-order valence-electron chi connectivity index (χ4n) is 2.83. The third kappa shape index (κ3) is 2.45. The van der Waals surface area contributed by atoms with Gasteiger partial charge in [-0.2, -0.15) is 0 Å². The largest absolute Gasteiger partial charge is 0.303 e. The summed E-state index contributed by atoms with van der Waals surface area (Å²) in [5.41, 5.74) is 3.00. The van der Waals surface area contributed by atoms with E-state index in [-0.39, 0.29) is 5.54 Å². The molecule has 18 heavy (non-hydrogen) atoms. The quantitative estimate of drug-likeness (QED) is 0.791. The normalized spacial score (nSPS) is 26.8. The first-order valence-electron chi connectivity index (χ1n) is 6.94. The Bertz CT molecular complexity index is 396. The second-order valence-electron chi connectivity index (χ2n) is 6.21. The topological polar surface area (TPSA) is 6.48 Å². The van der Waals surface area contributed by atoms with Crippen LogP contribution in [0.4, 0.5) is 0 Å². The summed E-state index contributed by atoms with van der Waals surface area (Å²) in [6.07, 6.45) is 0. The van der Waals surface area contributed by atoms with E-state index in [9.17, 15) is 0 Å². The molecule has 1 aliphatic rings. The predicted octanol–water partition coefficient (Wildman–Crippen LogP) is 2.90. The number of piperazine rings is 1. The highest BCUT2D eigenvalue weighted by molar-refractivity contribution is 5.30. The molecular weight excluding hydrogens is 220 g/mol. The zero-order chi connectivity index (χ0) is 13.3. The van der Waals surface area contributed by atoms with Crippen molar-refractivity contribution in [2.45, 2.75) is 32.2 Å². The molecule has 1 aliphatic heterocycles.